The van der Waals surface area contributed by atoms with E-state index in [0.717, 1.165) is 5.56 Å². The molecule has 0 spiro atoms. The summed E-state index contributed by atoms with van der Waals surface area (Å²) in [6.45, 7) is 1.26. The Kier molecular flexibility index (Phi) is 5.76. The molecular formula is C13H16N2O2. The minimum atomic E-state index is -0.835. The van der Waals surface area contributed by atoms with Gasteiger partial charge in [0, 0.05) is 19.5 Å². The molecule has 17 heavy (non-hydrogen) atoms. The molecule has 0 atom stereocenters. The first-order valence-corrected chi connectivity index (χ1v) is 5.57. The second-order valence-corrected chi connectivity index (χ2v) is 3.85. The number of carboxylic acids is 1. The fourth-order valence-corrected chi connectivity index (χ4v) is 1.63. The van der Waals surface area contributed by atoms with Gasteiger partial charge >= 0.3 is 5.97 Å². The molecule has 0 bridgehead atoms. The summed E-state index contributed by atoms with van der Waals surface area (Å²) in [5, 5.41) is 17.3. The van der Waals surface area contributed by atoms with E-state index < -0.39 is 5.97 Å². The highest BCUT2D eigenvalue weighted by Gasteiger charge is 2.09. The molecule has 4 nitrogen and oxygen atoms in total. The van der Waals surface area contributed by atoms with Crippen molar-refractivity contribution in [1.29, 1.82) is 5.26 Å². The molecular weight excluding hydrogens is 216 g/mol. The molecule has 0 unspecified atom stereocenters. The van der Waals surface area contributed by atoms with Gasteiger partial charge in [0.15, 0.2) is 0 Å². The summed E-state index contributed by atoms with van der Waals surface area (Å²) >= 11 is 0. The Morgan fingerprint density at radius 2 is 2.06 bits per heavy atom. The summed E-state index contributed by atoms with van der Waals surface area (Å²) in [6, 6.07) is 11.8. The van der Waals surface area contributed by atoms with Crippen molar-refractivity contribution in [2.75, 3.05) is 13.1 Å². The fraction of sp³-hybridized carbons (Fsp3) is 0.385. The van der Waals surface area contributed by atoms with Crippen LogP contribution in [0.1, 0.15) is 18.4 Å². The largest absolute Gasteiger partial charge is 0.480 e. The third kappa shape index (κ3) is 5.69. The monoisotopic (exact) mass is 232 g/mol. The maximum absolute atomic E-state index is 10.7. The van der Waals surface area contributed by atoms with Gasteiger partial charge in [0.1, 0.15) is 0 Å². The van der Waals surface area contributed by atoms with Crippen LogP contribution in [0, 0.1) is 11.3 Å². The van der Waals surface area contributed by atoms with Crippen LogP contribution < -0.4 is 0 Å². The average Bonchev–Trinajstić information content (AvgIpc) is 2.30. The highest BCUT2D eigenvalue weighted by molar-refractivity contribution is 5.69. The smallest absolute Gasteiger partial charge is 0.317 e. The molecule has 0 aromatic heterocycles. The molecule has 1 aromatic carbocycles. The number of nitriles is 1. The Labute approximate surface area is 101 Å². The van der Waals surface area contributed by atoms with Crippen LogP contribution in [0.15, 0.2) is 30.3 Å². The molecule has 0 aliphatic carbocycles. The second kappa shape index (κ2) is 7.42. The van der Waals surface area contributed by atoms with Crippen LogP contribution in [-0.2, 0) is 11.3 Å². The van der Waals surface area contributed by atoms with Gasteiger partial charge < -0.3 is 5.11 Å². The number of rotatable bonds is 7. The third-order valence-electron chi connectivity index (χ3n) is 2.37. The van der Waals surface area contributed by atoms with Crippen molar-refractivity contribution in [3.05, 3.63) is 35.9 Å². The second-order valence-electron chi connectivity index (χ2n) is 3.85. The zero-order chi connectivity index (χ0) is 12.5. The molecule has 0 amide bonds. The molecule has 1 N–H and O–H groups in total. The summed E-state index contributed by atoms with van der Waals surface area (Å²) in [5.74, 6) is -0.835. The number of benzene rings is 1. The van der Waals surface area contributed by atoms with E-state index in [1.165, 1.54) is 0 Å². The minimum Gasteiger partial charge on any atom is -0.480 e. The van der Waals surface area contributed by atoms with E-state index in [0.29, 0.717) is 25.9 Å². The van der Waals surface area contributed by atoms with Gasteiger partial charge in [-0.25, -0.2) is 0 Å². The molecule has 90 valence electrons. The van der Waals surface area contributed by atoms with E-state index >= 15 is 0 Å². The lowest BCUT2D eigenvalue weighted by atomic mass is 10.2. The van der Waals surface area contributed by atoms with Crippen molar-refractivity contribution in [1.82, 2.24) is 4.90 Å². The lowest BCUT2D eigenvalue weighted by Gasteiger charge is -2.19. The van der Waals surface area contributed by atoms with Crippen molar-refractivity contribution >= 4 is 5.97 Å². The first-order chi connectivity index (χ1) is 8.22. The van der Waals surface area contributed by atoms with E-state index in [2.05, 4.69) is 6.07 Å². The number of aliphatic carboxylic acids is 1. The van der Waals surface area contributed by atoms with Gasteiger partial charge in [0.2, 0.25) is 0 Å². The summed E-state index contributed by atoms with van der Waals surface area (Å²) in [6.07, 6.45) is 1.17. The van der Waals surface area contributed by atoms with E-state index in [9.17, 15) is 4.79 Å². The molecule has 0 saturated heterocycles. The molecule has 1 aromatic rings. The molecule has 0 fully saturated rings. The number of hydrogen-bond donors (Lipinski definition) is 1. The van der Waals surface area contributed by atoms with Crippen LogP contribution >= 0.6 is 0 Å². The topological polar surface area (TPSA) is 64.3 Å². The van der Waals surface area contributed by atoms with E-state index in [4.69, 9.17) is 10.4 Å². The zero-order valence-corrected chi connectivity index (χ0v) is 9.67. The van der Waals surface area contributed by atoms with Gasteiger partial charge in [-0.05, 0) is 12.0 Å². The van der Waals surface area contributed by atoms with Gasteiger partial charge in [-0.15, -0.1) is 0 Å². The lowest BCUT2D eigenvalue weighted by Crippen LogP contribution is -2.30. The number of hydrogen-bond acceptors (Lipinski definition) is 3. The van der Waals surface area contributed by atoms with Crippen molar-refractivity contribution in [3.8, 4) is 6.07 Å². The highest BCUT2D eigenvalue weighted by atomic mass is 16.4. The zero-order valence-electron chi connectivity index (χ0n) is 9.67. The molecule has 0 aliphatic rings. The highest BCUT2D eigenvalue weighted by Crippen LogP contribution is 2.05. The van der Waals surface area contributed by atoms with Gasteiger partial charge in [0.05, 0.1) is 12.6 Å². The van der Waals surface area contributed by atoms with Crippen molar-refractivity contribution < 1.29 is 9.90 Å². The van der Waals surface area contributed by atoms with Gasteiger partial charge in [-0.2, -0.15) is 5.26 Å². The number of carbonyl (C=O) groups is 1. The molecule has 4 heteroatoms. The number of nitrogens with zero attached hydrogens (tertiary/aromatic N) is 2. The predicted octanol–water partition coefficient (Wildman–Crippen LogP) is 1.88. The maximum Gasteiger partial charge on any atom is 0.317 e. The Morgan fingerprint density at radius 3 is 2.65 bits per heavy atom. The summed E-state index contributed by atoms with van der Waals surface area (Å²) in [4.78, 5) is 12.6. The number of carboxylic acid groups (broad SMARTS) is 1. The number of unbranched alkanes of at least 4 members (excludes halogenated alkanes) is 1. The van der Waals surface area contributed by atoms with Gasteiger partial charge in [-0.1, -0.05) is 30.3 Å². The first-order valence-electron chi connectivity index (χ1n) is 5.57. The van der Waals surface area contributed by atoms with Crippen molar-refractivity contribution in [2.24, 2.45) is 0 Å². The minimum absolute atomic E-state index is 0.0142. The van der Waals surface area contributed by atoms with Crippen molar-refractivity contribution in [2.45, 2.75) is 19.4 Å². The first kappa shape index (κ1) is 13.2. The third-order valence-corrected chi connectivity index (χ3v) is 2.37. The lowest BCUT2D eigenvalue weighted by molar-refractivity contribution is -0.138. The standard InChI is InChI=1S/C13H16N2O2/c14-8-4-5-9-15(11-13(16)17)10-12-6-2-1-3-7-12/h1-3,6-7H,4-5,9-11H2,(H,16,17). The maximum atomic E-state index is 10.7. The van der Waals surface area contributed by atoms with Crippen LogP contribution in [0.4, 0.5) is 0 Å². The van der Waals surface area contributed by atoms with Gasteiger partial charge in [-0.3, -0.25) is 9.69 Å². The van der Waals surface area contributed by atoms with E-state index in [1.54, 1.807) is 0 Å². The molecule has 0 aliphatic heterocycles. The molecule has 0 heterocycles. The Bertz CT molecular complexity index is 384. The summed E-state index contributed by atoms with van der Waals surface area (Å²) < 4.78 is 0. The Morgan fingerprint density at radius 1 is 1.35 bits per heavy atom. The van der Waals surface area contributed by atoms with Crippen LogP contribution in [0.2, 0.25) is 0 Å². The van der Waals surface area contributed by atoms with Crippen LogP contribution in [0.3, 0.4) is 0 Å². The van der Waals surface area contributed by atoms with Crippen LogP contribution in [-0.4, -0.2) is 29.1 Å². The van der Waals surface area contributed by atoms with Gasteiger partial charge in [0.25, 0.3) is 0 Å². The van der Waals surface area contributed by atoms with E-state index in [1.807, 2.05) is 35.2 Å². The molecule has 1 rings (SSSR count). The predicted molar refractivity (Wildman–Crippen MR) is 64.2 cm³/mol. The Balaban J connectivity index is 2.51. The van der Waals surface area contributed by atoms with E-state index in [-0.39, 0.29) is 6.54 Å². The Hall–Kier alpha value is -1.86. The SMILES string of the molecule is N#CCCCN(CC(=O)O)Cc1ccccc1. The summed E-state index contributed by atoms with van der Waals surface area (Å²) in [5.41, 5.74) is 1.09. The average molecular weight is 232 g/mol. The molecule has 0 radical (unpaired) electrons. The fourth-order valence-electron chi connectivity index (χ4n) is 1.63. The normalized spacial score (nSPS) is 10.1. The quantitative estimate of drug-likeness (QED) is 0.729. The molecule has 0 saturated carbocycles. The van der Waals surface area contributed by atoms with Crippen LogP contribution in [0.25, 0.3) is 0 Å². The summed E-state index contributed by atoms with van der Waals surface area (Å²) in [7, 11) is 0. The van der Waals surface area contributed by atoms with Crippen molar-refractivity contribution in [3.63, 3.8) is 0 Å². The van der Waals surface area contributed by atoms with Crippen LogP contribution in [0.5, 0.6) is 0 Å².